The molecule has 28 heavy (non-hydrogen) atoms. The smallest absolute Gasteiger partial charge is 0.228 e. The minimum Gasteiger partial charge on any atom is -0.228 e. The van der Waals surface area contributed by atoms with Gasteiger partial charge in [0, 0.05) is 21.4 Å². The average Bonchev–Trinajstić information content (AvgIpc) is 2.67. The van der Waals surface area contributed by atoms with Crippen molar-refractivity contribution in [2.45, 2.75) is 17.3 Å². The van der Waals surface area contributed by atoms with Crippen LogP contribution in [-0.2, 0) is 0 Å². The van der Waals surface area contributed by atoms with E-state index < -0.39 is 5.51 Å². The molecule has 0 atom stereocenters. The number of para-hydroxylation sites is 1. The monoisotopic (exact) mass is 396 g/mol. The highest BCUT2D eigenvalue weighted by molar-refractivity contribution is 8.00. The van der Waals surface area contributed by atoms with Gasteiger partial charge in [-0.15, -0.1) is 0 Å². The number of hydrogen-bond donors (Lipinski definition) is 0. The number of thioether (sulfide) groups is 1. The second kappa shape index (κ2) is 7.28. The molecule has 0 saturated heterocycles. The quantitative estimate of drug-likeness (QED) is 0.353. The Kier molecular flexibility index (Phi) is 4.81. The summed E-state index contributed by atoms with van der Waals surface area (Å²) in [4.78, 5) is 9.39. The number of rotatable bonds is 3. The van der Waals surface area contributed by atoms with Crippen molar-refractivity contribution in [3.63, 3.8) is 0 Å². The van der Waals surface area contributed by atoms with E-state index in [0.717, 1.165) is 10.9 Å². The van der Waals surface area contributed by atoms with Gasteiger partial charge in [0.25, 0.3) is 0 Å². The summed E-state index contributed by atoms with van der Waals surface area (Å²) in [5, 5.41) is 0.857. The molecule has 0 bridgehead atoms. The van der Waals surface area contributed by atoms with Gasteiger partial charge in [0.05, 0.1) is 11.2 Å². The second-order valence-electron chi connectivity index (χ2n) is 6.27. The van der Waals surface area contributed by atoms with Crippen LogP contribution < -0.4 is 0 Å². The van der Waals surface area contributed by atoms with Gasteiger partial charge in [0.2, 0.25) is 0 Å². The lowest BCUT2D eigenvalue weighted by Crippen LogP contribution is -2.03. The molecule has 0 aliphatic carbocycles. The van der Waals surface area contributed by atoms with Crippen LogP contribution in [0.2, 0.25) is 0 Å². The lowest BCUT2D eigenvalue weighted by atomic mass is 10.0. The van der Waals surface area contributed by atoms with Crippen LogP contribution in [-0.4, -0.2) is 15.5 Å². The van der Waals surface area contributed by atoms with E-state index in [9.17, 15) is 13.2 Å². The summed E-state index contributed by atoms with van der Waals surface area (Å²) in [6, 6.07) is 22.0. The number of fused-ring (bicyclic) bond motifs is 1. The first kappa shape index (κ1) is 18.5. The molecule has 0 spiro atoms. The molecule has 1 aromatic heterocycles. The maximum atomic E-state index is 13.1. The Hall–Kier alpha value is -2.86. The molecule has 0 fully saturated rings. The van der Waals surface area contributed by atoms with Gasteiger partial charge in [-0.3, -0.25) is 0 Å². The number of benzene rings is 3. The summed E-state index contributed by atoms with van der Waals surface area (Å²) in [6.45, 7) is 1.77. The Bertz CT molecular complexity index is 1140. The molecule has 6 heteroatoms. The van der Waals surface area contributed by atoms with Crippen molar-refractivity contribution >= 4 is 22.7 Å². The molecule has 3 aromatic carbocycles. The maximum absolute atomic E-state index is 13.1. The molecule has 2 nitrogen and oxygen atoms in total. The first-order valence-electron chi connectivity index (χ1n) is 8.60. The molecule has 140 valence electrons. The summed E-state index contributed by atoms with van der Waals surface area (Å²) in [7, 11) is 0. The highest BCUT2D eigenvalue weighted by atomic mass is 32.2. The van der Waals surface area contributed by atoms with E-state index in [1.54, 1.807) is 19.1 Å². The van der Waals surface area contributed by atoms with Crippen LogP contribution in [0.25, 0.3) is 33.5 Å². The Morgan fingerprint density at radius 2 is 1.50 bits per heavy atom. The van der Waals surface area contributed by atoms with Crippen molar-refractivity contribution in [2.75, 3.05) is 0 Å². The Labute approximate surface area is 164 Å². The van der Waals surface area contributed by atoms with E-state index in [0.29, 0.717) is 28.2 Å². The van der Waals surface area contributed by atoms with Crippen LogP contribution in [0.3, 0.4) is 0 Å². The first-order chi connectivity index (χ1) is 13.4. The molecule has 4 rings (SSSR count). The summed E-state index contributed by atoms with van der Waals surface area (Å²) >= 11 is -0.137. The zero-order valence-corrected chi connectivity index (χ0v) is 15.7. The van der Waals surface area contributed by atoms with Crippen LogP contribution in [0.15, 0.2) is 77.7 Å². The zero-order chi connectivity index (χ0) is 19.7. The van der Waals surface area contributed by atoms with Crippen LogP contribution in [0, 0.1) is 6.92 Å². The van der Waals surface area contributed by atoms with Gasteiger partial charge in [0.15, 0.2) is 5.82 Å². The molecule has 0 N–H and O–H groups in total. The van der Waals surface area contributed by atoms with Crippen molar-refractivity contribution in [1.29, 1.82) is 0 Å². The average molecular weight is 396 g/mol. The largest absolute Gasteiger partial charge is 0.446 e. The van der Waals surface area contributed by atoms with Gasteiger partial charge >= 0.3 is 5.51 Å². The van der Waals surface area contributed by atoms with E-state index in [2.05, 4.69) is 4.98 Å². The highest BCUT2D eigenvalue weighted by Gasteiger charge is 2.31. The van der Waals surface area contributed by atoms with Gasteiger partial charge in [0.1, 0.15) is 0 Å². The predicted molar refractivity (Wildman–Crippen MR) is 107 cm³/mol. The number of nitrogens with zero attached hydrogens (tertiary/aromatic N) is 2. The van der Waals surface area contributed by atoms with Crippen LogP contribution in [0.5, 0.6) is 0 Å². The zero-order valence-electron chi connectivity index (χ0n) is 14.9. The van der Waals surface area contributed by atoms with Crippen molar-refractivity contribution < 1.29 is 13.2 Å². The molecular weight excluding hydrogens is 381 g/mol. The fourth-order valence-electron chi connectivity index (χ4n) is 3.14. The number of hydrogen-bond acceptors (Lipinski definition) is 3. The van der Waals surface area contributed by atoms with Crippen LogP contribution >= 0.6 is 11.8 Å². The van der Waals surface area contributed by atoms with Gasteiger partial charge in [-0.1, -0.05) is 60.7 Å². The number of aryl methyl sites for hydroxylation is 1. The predicted octanol–water partition coefficient (Wildman–Crippen LogP) is 6.88. The molecule has 0 aliphatic rings. The standard InChI is InChI=1S/C22H15F3N2S/c1-14-8-7-13-18(28-22(23,24)25)19(14)21-26-17-12-6-5-11-16(17)20(27-21)15-9-3-2-4-10-15/h2-13H,1H3. The molecule has 4 aromatic rings. The third kappa shape index (κ3) is 3.73. The van der Waals surface area contributed by atoms with E-state index in [1.807, 2.05) is 54.6 Å². The molecule has 0 amide bonds. The summed E-state index contributed by atoms with van der Waals surface area (Å²) < 4.78 is 39.3. The Morgan fingerprint density at radius 3 is 2.25 bits per heavy atom. The van der Waals surface area contributed by atoms with Gasteiger partial charge in [-0.05, 0) is 36.4 Å². The van der Waals surface area contributed by atoms with Crippen molar-refractivity contribution in [2.24, 2.45) is 0 Å². The molecule has 0 aliphatic heterocycles. The minimum absolute atomic E-state index is 0.0989. The van der Waals surface area contributed by atoms with Gasteiger partial charge in [-0.2, -0.15) is 13.2 Å². The summed E-state index contributed by atoms with van der Waals surface area (Å²) in [5.41, 5.74) is -0.996. The van der Waals surface area contributed by atoms with Crippen molar-refractivity contribution in [3.8, 4) is 22.6 Å². The third-order valence-electron chi connectivity index (χ3n) is 4.33. The van der Waals surface area contributed by atoms with Crippen molar-refractivity contribution in [1.82, 2.24) is 9.97 Å². The number of alkyl halides is 3. The summed E-state index contributed by atoms with van der Waals surface area (Å²) in [6.07, 6.45) is 0. The molecular formula is C22H15F3N2S. The van der Waals surface area contributed by atoms with E-state index in [1.165, 1.54) is 6.07 Å². The van der Waals surface area contributed by atoms with Gasteiger partial charge < -0.3 is 0 Å². The van der Waals surface area contributed by atoms with E-state index in [-0.39, 0.29) is 16.7 Å². The molecule has 0 saturated carbocycles. The van der Waals surface area contributed by atoms with Crippen LogP contribution in [0.4, 0.5) is 13.2 Å². The SMILES string of the molecule is Cc1cccc(SC(F)(F)F)c1-c1nc(-c2ccccc2)c2ccccc2n1. The normalized spacial score (nSPS) is 11.7. The topological polar surface area (TPSA) is 25.8 Å². The Balaban J connectivity index is 1.99. The molecule has 0 radical (unpaired) electrons. The summed E-state index contributed by atoms with van der Waals surface area (Å²) in [5.74, 6) is 0.294. The van der Waals surface area contributed by atoms with Gasteiger partial charge in [-0.25, -0.2) is 9.97 Å². The second-order valence-corrected chi connectivity index (χ2v) is 7.38. The maximum Gasteiger partial charge on any atom is 0.446 e. The molecule has 0 unspecified atom stereocenters. The van der Waals surface area contributed by atoms with E-state index >= 15 is 0 Å². The Morgan fingerprint density at radius 1 is 0.786 bits per heavy atom. The fraction of sp³-hybridized carbons (Fsp3) is 0.0909. The third-order valence-corrected chi connectivity index (χ3v) is 5.13. The lowest BCUT2D eigenvalue weighted by Gasteiger charge is -2.15. The van der Waals surface area contributed by atoms with Crippen LogP contribution in [0.1, 0.15) is 5.56 Å². The molecule has 1 heterocycles. The minimum atomic E-state index is -4.39. The number of halogens is 3. The first-order valence-corrected chi connectivity index (χ1v) is 9.42. The number of aromatic nitrogens is 2. The lowest BCUT2D eigenvalue weighted by molar-refractivity contribution is -0.0328. The van der Waals surface area contributed by atoms with E-state index in [4.69, 9.17) is 4.98 Å². The van der Waals surface area contributed by atoms with Crippen molar-refractivity contribution in [3.05, 3.63) is 78.4 Å². The highest BCUT2D eigenvalue weighted by Crippen LogP contribution is 2.42. The fourth-order valence-corrected chi connectivity index (χ4v) is 3.89.